The molecule has 0 amide bonds. The van der Waals surface area contributed by atoms with Crippen LogP contribution in [-0.4, -0.2) is 40.9 Å². The topological polar surface area (TPSA) is 51.9 Å². The molecule has 9 heteroatoms. The fraction of sp³-hybridized carbons (Fsp3) is 0.200. The Morgan fingerprint density at radius 2 is 1.83 bits per heavy atom. The molecule has 0 aliphatic carbocycles. The largest absolute Gasteiger partial charge is 0.573 e. The van der Waals surface area contributed by atoms with E-state index in [2.05, 4.69) is 14.8 Å². The second-order valence-corrected chi connectivity index (χ2v) is 6.22. The summed E-state index contributed by atoms with van der Waals surface area (Å²) in [5.74, 6) is 0.927. The summed E-state index contributed by atoms with van der Waals surface area (Å²) in [6.07, 6.45) is 0.350. The number of hydrogen-bond acceptors (Lipinski definition) is 5. The molecule has 1 heterocycles. The maximum atomic E-state index is 12.3. The smallest absolute Gasteiger partial charge is 0.488 e. The molecule has 0 atom stereocenters. The highest BCUT2D eigenvalue weighted by molar-refractivity contribution is 6.02. The lowest BCUT2D eigenvalue weighted by Crippen LogP contribution is -2.18. The first kappa shape index (κ1) is 20.2. The minimum Gasteiger partial charge on any atom is -0.488 e. The van der Waals surface area contributed by atoms with E-state index in [9.17, 15) is 13.2 Å². The third-order valence-corrected chi connectivity index (χ3v) is 3.72. The van der Waals surface area contributed by atoms with Crippen molar-refractivity contribution >= 4 is 5.84 Å². The Morgan fingerprint density at radius 1 is 1.10 bits per heavy atom. The lowest BCUT2D eigenvalue weighted by Gasteiger charge is -2.16. The van der Waals surface area contributed by atoms with Crippen LogP contribution in [0.25, 0.3) is 0 Å². The molecule has 0 aliphatic heterocycles. The van der Waals surface area contributed by atoms with Crippen molar-refractivity contribution < 1.29 is 22.6 Å². The van der Waals surface area contributed by atoms with Crippen molar-refractivity contribution in [2.75, 3.05) is 14.1 Å². The molecule has 0 unspecified atom stereocenters. The van der Waals surface area contributed by atoms with Gasteiger partial charge in [-0.3, -0.25) is 4.57 Å². The summed E-state index contributed by atoms with van der Waals surface area (Å²) in [5.41, 5.74) is 1.44. The summed E-state index contributed by atoms with van der Waals surface area (Å²) in [4.78, 5) is 4.06. The Balaban J connectivity index is 1.79. The van der Waals surface area contributed by atoms with E-state index in [0.29, 0.717) is 17.1 Å². The van der Waals surface area contributed by atoms with Gasteiger partial charge in [0, 0.05) is 26.5 Å². The van der Waals surface area contributed by atoms with E-state index in [4.69, 9.17) is 4.74 Å². The van der Waals surface area contributed by atoms with Gasteiger partial charge in [0.05, 0.1) is 5.56 Å². The molecule has 0 bridgehead atoms. The third-order valence-electron chi connectivity index (χ3n) is 3.72. The van der Waals surface area contributed by atoms with Crippen LogP contribution in [0.2, 0.25) is 0 Å². The minimum absolute atomic E-state index is 0.169. The summed E-state index contributed by atoms with van der Waals surface area (Å²) in [5, 5.41) is 6.19. The highest BCUT2D eigenvalue weighted by Gasteiger charge is 2.30. The van der Waals surface area contributed by atoms with Crippen LogP contribution in [0.3, 0.4) is 0 Å². The van der Waals surface area contributed by atoms with Gasteiger partial charge in [-0.2, -0.15) is 5.10 Å². The first-order valence-corrected chi connectivity index (χ1v) is 8.63. The molecule has 0 fully saturated rings. The third kappa shape index (κ3) is 5.74. The van der Waals surface area contributed by atoms with Crippen molar-refractivity contribution in [1.29, 1.82) is 0 Å². The van der Waals surface area contributed by atoms with E-state index < -0.39 is 6.36 Å². The SMILES string of the molecule is CN(C)/N=C(/c1ccccc1OCc1ccc(OC(F)(F)F)cc1)n1ccnc1. The number of rotatable bonds is 6. The van der Waals surface area contributed by atoms with E-state index in [1.165, 1.54) is 24.3 Å². The maximum absolute atomic E-state index is 12.3. The molecule has 2 aromatic carbocycles. The lowest BCUT2D eigenvalue weighted by atomic mass is 10.1. The predicted molar refractivity (Wildman–Crippen MR) is 102 cm³/mol. The van der Waals surface area contributed by atoms with E-state index in [1.54, 1.807) is 34.4 Å². The summed E-state index contributed by atoms with van der Waals surface area (Å²) < 4.78 is 48.4. The lowest BCUT2D eigenvalue weighted by molar-refractivity contribution is -0.274. The number of hydrazone groups is 1. The van der Waals surface area contributed by atoms with E-state index in [1.807, 2.05) is 32.3 Å². The fourth-order valence-corrected chi connectivity index (χ4v) is 2.54. The number of imidazole rings is 1. The molecule has 1 aromatic heterocycles. The Morgan fingerprint density at radius 3 is 2.45 bits per heavy atom. The molecule has 0 saturated heterocycles. The van der Waals surface area contributed by atoms with Crippen LogP contribution in [0.5, 0.6) is 11.5 Å². The van der Waals surface area contributed by atoms with E-state index in [0.717, 1.165) is 5.56 Å². The average molecular weight is 404 g/mol. The number of alkyl halides is 3. The first-order valence-electron chi connectivity index (χ1n) is 8.63. The van der Waals surface area contributed by atoms with Crippen LogP contribution in [0.15, 0.2) is 72.4 Å². The molecule has 0 N–H and O–H groups in total. The van der Waals surface area contributed by atoms with Crippen molar-refractivity contribution in [3.05, 3.63) is 78.4 Å². The van der Waals surface area contributed by atoms with Gasteiger partial charge in [-0.1, -0.05) is 24.3 Å². The van der Waals surface area contributed by atoms with Gasteiger partial charge in [0.2, 0.25) is 0 Å². The first-order chi connectivity index (χ1) is 13.8. The predicted octanol–water partition coefficient (Wildman–Crippen LogP) is 4.13. The Bertz CT molecular complexity index is 953. The zero-order valence-corrected chi connectivity index (χ0v) is 15.8. The Hall–Kier alpha value is -3.49. The van der Waals surface area contributed by atoms with Gasteiger partial charge in [-0.15, -0.1) is 13.2 Å². The summed E-state index contributed by atoms with van der Waals surface area (Å²) in [6.45, 7) is 0.169. The molecule has 3 aromatic rings. The minimum atomic E-state index is -4.72. The molecular formula is C20H19F3N4O2. The summed E-state index contributed by atoms with van der Waals surface area (Å²) in [7, 11) is 3.62. The second kappa shape index (κ2) is 8.68. The molecule has 0 radical (unpaired) electrons. The summed E-state index contributed by atoms with van der Waals surface area (Å²) >= 11 is 0. The van der Waals surface area contributed by atoms with Crippen LogP contribution < -0.4 is 9.47 Å². The molecule has 29 heavy (non-hydrogen) atoms. The van der Waals surface area contributed by atoms with Gasteiger partial charge in [0.15, 0.2) is 5.84 Å². The molecule has 0 aliphatic rings. The van der Waals surface area contributed by atoms with Crippen molar-refractivity contribution in [3.8, 4) is 11.5 Å². The summed E-state index contributed by atoms with van der Waals surface area (Å²) in [6, 6.07) is 12.9. The number of ether oxygens (including phenoxy) is 2. The van der Waals surface area contributed by atoms with Gasteiger partial charge >= 0.3 is 6.36 Å². The zero-order chi connectivity index (χ0) is 20.9. The van der Waals surface area contributed by atoms with Crippen LogP contribution >= 0.6 is 0 Å². The van der Waals surface area contributed by atoms with Gasteiger partial charge < -0.3 is 14.5 Å². The monoisotopic (exact) mass is 404 g/mol. The highest BCUT2D eigenvalue weighted by Crippen LogP contribution is 2.24. The van der Waals surface area contributed by atoms with Crippen molar-refractivity contribution in [2.45, 2.75) is 13.0 Å². The molecule has 6 nitrogen and oxygen atoms in total. The van der Waals surface area contributed by atoms with Gasteiger partial charge in [0.1, 0.15) is 24.4 Å². The number of nitrogens with zero attached hydrogens (tertiary/aromatic N) is 4. The second-order valence-electron chi connectivity index (χ2n) is 6.22. The number of benzene rings is 2. The van der Waals surface area contributed by atoms with Crippen LogP contribution in [0.1, 0.15) is 11.1 Å². The quantitative estimate of drug-likeness (QED) is 0.352. The maximum Gasteiger partial charge on any atom is 0.573 e. The van der Waals surface area contributed by atoms with Crippen molar-refractivity contribution in [1.82, 2.24) is 14.6 Å². The average Bonchev–Trinajstić information content (AvgIpc) is 3.19. The number of aromatic nitrogens is 2. The van der Waals surface area contributed by atoms with Crippen molar-refractivity contribution in [2.24, 2.45) is 5.10 Å². The van der Waals surface area contributed by atoms with Gasteiger partial charge in [0.25, 0.3) is 0 Å². The number of halogens is 3. The number of hydrogen-bond donors (Lipinski definition) is 0. The Labute approximate surface area is 165 Å². The fourth-order valence-electron chi connectivity index (χ4n) is 2.54. The molecule has 3 rings (SSSR count). The highest BCUT2D eigenvalue weighted by atomic mass is 19.4. The van der Waals surface area contributed by atoms with Gasteiger partial charge in [-0.25, -0.2) is 4.98 Å². The van der Waals surface area contributed by atoms with Gasteiger partial charge in [-0.05, 0) is 29.8 Å². The van der Waals surface area contributed by atoms with E-state index in [-0.39, 0.29) is 12.4 Å². The molecule has 152 valence electrons. The Kier molecular flexibility index (Phi) is 6.06. The zero-order valence-electron chi connectivity index (χ0n) is 15.8. The molecule has 0 saturated carbocycles. The van der Waals surface area contributed by atoms with Crippen LogP contribution in [0, 0.1) is 0 Å². The van der Waals surface area contributed by atoms with E-state index >= 15 is 0 Å². The number of para-hydroxylation sites is 1. The van der Waals surface area contributed by atoms with Crippen molar-refractivity contribution in [3.63, 3.8) is 0 Å². The standard InChI is InChI=1S/C20H19F3N4O2/c1-26(2)25-19(27-12-11-24-14-27)17-5-3-4-6-18(17)28-13-15-7-9-16(10-8-15)29-20(21,22)23/h3-12,14H,13H2,1-2H3/b25-19-. The van der Waals surface area contributed by atoms with Crippen LogP contribution in [-0.2, 0) is 6.61 Å². The molecular weight excluding hydrogens is 385 g/mol. The normalized spacial score (nSPS) is 12.0. The molecule has 0 spiro atoms. The van der Waals surface area contributed by atoms with Crippen LogP contribution in [0.4, 0.5) is 13.2 Å².